The summed E-state index contributed by atoms with van der Waals surface area (Å²) in [6, 6.07) is 11.5. The average Bonchev–Trinajstić information content (AvgIpc) is 2.66. The van der Waals surface area contributed by atoms with Crippen LogP contribution in [0.1, 0.15) is 12.0 Å². The second-order valence-electron chi connectivity index (χ2n) is 6.40. The van der Waals surface area contributed by atoms with Crippen molar-refractivity contribution < 1.29 is 23.4 Å². The van der Waals surface area contributed by atoms with Crippen molar-refractivity contribution in [2.45, 2.75) is 18.7 Å². The van der Waals surface area contributed by atoms with Crippen LogP contribution in [0.3, 0.4) is 0 Å². The van der Waals surface area contributed by atoms with Crippen LogP contribution in [0.25, 0.3) is 22.0 Å². The molecule has 8 heteroatoms. The zero-order valence-electron chi connectivity index (χ0n) is 14.8. The summed E-state index contributed by atoms with van der Waals surface area (Å²) >= 11 is 0. The van der Waals surface area contributed by atoms with Crippen LogP contribution >= 0.6 is 0 Å². The molecule has 0 fully saturated rings. The molecule has 0 bridgehead atoms. The van der Waals surface area contributed by atoms with Gasteiger partial charge in [0.15, 0.2) is 0 Å². The molecule has 0 aliphatic rings. The Morgan fingerprint density at radius 1 is 1.11 bits per heavy atom. The van der Waals surface area contributed by atoms with Gasteiger partial charge in [-0.1, -0.05) is 24.3 Å². The Balaban J connectivity index is 1.97. The van der Waals surface area contributed by atoms with Gasteiger partial charge in [0.05, 0.1) is 11.7 Å². The monoisotopic (exact) mass is 392 g/mol. The van der Waals surface area contributed by atoms with Crippen LogP contribution < -0.4 is 10.9 Å². The van der Waals surface area contributed by atoms with E-state index in [0.717, 1.165) is 6.07 Å². The predicted octanol–water partition coefficient (Wildman–Crippen LogP) is 3.37. The van der Waals surface area contributed by atoms with Gasteiger partial charge in [-0.3, -0.25) is 4.79 Å². The number of pyridine rings is 1. The highest BCUT2D eigenvalue weighted by Gasteiger charge is 2.33. The minimum atomic E-state index is -4.54. The first-order chi connectivity index (χ1) is 13.3. The Morgan fingerprint density at radius 3 is 2.57 bits per heavy atom. The second-order valence-corrected chi connectivity index (χ2v) is 6.40. The minimum absolute atomic E-state index is 0.0875. The van der Waals surface area contributed by atoms with Crippen molar-refractivity contribution in [1.29, 1.82) is 0 Å². The van der Waals surface area contributed by atoms with Crippen molar-refractivity contribution in [2.75, 3.05) is 18.5 Å². The number of aromatic nitrogens is 1. The van der Waals surface area contributed by atoms with Crippen molar-refractivity contribution >= 4 is 16.5 Å². The molecule has 3 rings (SSSR count). The van der Waals surface area contributed by atoms with Gasteiger partial charge in [0, 0.05) is 35.5 Å². The van der Waals surface area contributed by atoms with Crippen LogP contribution in [0.5, 0.6) is 0 Å². The number of fused-ring (bicyclic) bond motifs is 1. The summed E-state index contributed by atoms with van der Waals surface area (Å²) in [5.41, 5.74) is -0.753. The number of hydrogen-bond donors (Lipinski definition) is 4. The Hall–Kier alpha value is -2.84. The van der Waals surface area contributed by atoms with E-state index in [9.17, 15) is 23.1 Å². The first-order valence-electron chi connectivity index (χ1n) is 8.66. The molecule has 0 aliphatic heterocycles. The highest BCUT2D eigenvalue weighted by Crippen LogP contribution is 2.36. The van der Waals surface area contributed by atoms with E-state index in [2.05, 4.69) is 10.3 Å². The predicted molar refractivity (Wildman–Crippen MR) is 101 cm³/mol. The number of H-pyrrole nitrogens is 1. The van der Waals surface area contributed by atoms with Crippen LogP contribution in [-0.4, -0.2) is 34.5 Å². The van der Waals surface area contributed by atoms with Gasteiger partial charge >= 0.3 is 6.18 Å². The fourth-order valence-corrected chi connectivity index (χ4v) is 2.97. The van der Waals surface area contributed by atoms with Gasteiger partial charge in [0.25, 0.3) is 5.56 Å². The SMILES string of the molecule is O=c1[nH]c(-c2ccccc2C(F)(F)F)cc2ccc(NCC(O)CCO)cc12. The number of anilines is 1. The lowest BCUT2D eigenvalue weighted by molar-refractivity contribution is -0.137. The Morgan fingerprint density at radius 2 is 1.86 bits per heavy atom. The van der Waals surface area contributed by atoms with Gasteiger partial charge in [0.1, 0.15) is 0 Å². The highest BCUT2D eigenvalue weighted by molar-refractivity contribution is 5.88. The molecule has 0 saturated carbocycles. The molecular formula is C20H19F3N2O3. The molecule has 0 saturated heterocycles. The minimum Gasteiger partial charge on any atom is -0.396 e. The fraction of sp³-hybridized carbons (Fsp3) is 0.250. The molecule has 1 heterocycles. The third-order valence-electron chi connectivity index (χ3n) is 4.37. The van der Waals surface area contributed by atoms with Crippen LogP contribution in [-0.2, 0) is 6.18 Å². The van der Waals surface area contributed by atoms with Gasteiger partial charge in [0.2, 0.25) is 0 Å². The molecule has 0 amide bonds. The lowest BCUT2D eigenvalue weighted by atomic mass is 10.0. The number of benzene rings is 2. The number of halogens is 3. The molecule has 2 aromatic carbocycles. The first kappa shape index (κ1) is 19.9. The third kappa shape index (κ3) is 4.35. The number of hydrogen-bond acceptors (Lipinski definition) is 4. The van der Waals surface area contributed by atoms with Crippen LogP contribution in [0.15, 0.2) is 53.3 Å². The summed E-state index contributed by atoms with van der Waals surface area (Å²) in [7, 11) is 0. The Labute approximate surface area is 158 Å². The molecule has 3 aromatic rings. The summed E-state index contributed by atoms with van der Waals surface area (Å²) in [5, 5.41) is 22.2. The van der Waals surface area contributed by atoms with Crippen molar-refractivity contribution in [3.05, 3.63) is 64.4 Å². The zero-order valence-corrected chi connectivity index (χ0v) is 14.8. The molecule has 5 nitrogen and oxygen atoms in total. The lowest BCUT2D eigenvalue weighted by Gasteiger charge is -2.14. The molecule has 28 heavy (non-hydrogen) atoms. The zero-order chi connectivity index (χ0) is 20.3. The van der Waals surface area contributed by atoms with Crippen molar-refractivity contribution in [3.63, 3.8) is 0 Å². The van der Waals surface area contributed by atoms with E-state index in [-0.39, 0.29) is 30.8 Å². The topological polar surface area (TPSA) is 85.4 Å². The van der Waals surface area contributed by atoms with Gasteiger partial charge in [-0.25, -0.2) is 0 Å². The van der Waals surface area contributed by atoms with Gasteiger partial charge < -0.3 is 20.5 Å². The summed E-state index contributed by atoms with van der Waals surface area (Å²) in [4.78, 5) is 15.0. The maximum atomic E-state index is 13.3. The normalized spacial score (nSPS) is 12.9. The largest absolute Gasteiger partial charge is 0.417 e. The smallest absolute Gasteiger partial charge is 0.396 e. The van der Waals surface area contributed by atoms with E-state index in [1.807, 2.05) is 0 Å². The van der Waals surface area contributed by atoms with E-state index in [4.69, 9.17) is 5.11 Å². The number of alkyl halides is 3. The van der Waals surface area contributed by atoms with Crippen molar-refractivity contribution in [3.8, 4) is 11.3 Å². The molecule has 0 aliphatic carbocycles. The molecule has 1 unspecified atom stereocenters. The highest BCUT2D eigenvalue weighted by atomic mass is 19.4. The lowest BCUT2D eigenvalue weighted by Crippen LogP contribution is -2.20. The summed E-state index contributed by atoms with van der Waals surface area (Å²) in [5.74, 6) is 0. The first-order valence-corrected chi connectivity index (χ1v) is 8.66. The van der Waals surface area contributed by atoms with Crippen molar-refractivity contribution in [1.82, 2.24) is 4.98 Å². The molecule has 148 valence electrons. The van der Waals surface area contributed by atoms with Crippen LogP contribution in [0, 0.1) is 0 Å². The second kappa shape index (κ2) is 8.04. The van der Waals surface area contributed by atoms with Crippen LogP contribution in [0.2, 0.25) is 0 Å². The molecular weight excluding hydrogens is 373 g/mol. The maximum absolute atomic E-state index is 13.3. The van der Waals surface area contributed by atoms with E-state index in [1.54, 1.807) is 18.2 Å². The average molecular weight is 392 g/mol. The standard InChI is InChI=1S/C20H19F3N2O3/c21-20(22,23)17-4-2-1-3-15(17)18-9-12-5-6-13(10-16(12)19(28)25-18)24-11-14(27)7-8-26/h1-6,9-10,14,24,26-27H,7-8,11H2,(H,25,28). The van der Waals surface area contributed by atoms with Crippen molar-refractivity contribution in [2.24, 2.45) is 0 Å². The third-order valence-corrected chi connectivity index (χ3v) is 4.37. The van der Waals surface area contributed by atoms with Crippen LogP contribution in [0.4, 0.5) is 18.9 Å². The quantitative estimate of drug-likeness (QED) is 0.518. The number of aromatic amines is 1. The van der Waals surface area contributed by atoms with E-state index in [1.165, 1.54) is 24.3 Å². The van der Waals surface area contributed by atoms with Gasteiger partial charge in [-0.05, 0) is 36.1 Å². The molecule has 0 radical (unpaired) electrons. The number of nitrogens with one attached hydrogen (secondary N) is 2. The Bertz CT molecular complexity index is 1030. The number of rotatable bonds is 6. The van der Waals surface area contributed by atoms with E-state index in [0.29, 0.717) is 16.5 Å². The summed E-state index contributed by atoms with van der Waals surface area (Å²) in [6.45, 7) is 0.0590. The number of aliphatic hydroxyl groups is 2. The van der Waals surface area contributed by atoms with E-state index >= 15 is 0 Å². The molecule has 4 N–H and O–H groups in total. The maximum Gasteiger partial charge on any atom is 0.417 e. The van der Waals surface area contributed by atoms with E-state index < -0.39 is 23.4 Å². The van der Waals surface area contributed by atoms with Gasteiger partial charge in [-0.2, -0.15) is 13.2 Å². The molecule has 1 aromatic heterocycles. The fourth-order valence-electron chi connectivity index (χ4n) is 2.97. The summed E-state index contributed by atoms with van der Waals surface area (Å²) < 4.78 is 39.8. The molecule has 0 spiro atoms. The Kier molecular flexibility index (Phi) is 5.71. The summed E-state index contributed by atoms with van der Waals surface area (Å²) in [6.07, 6.45) is -5.05. The van der Waals surface area contributed by atoms with Gasteiger partial charge in [-0.15, -0.1) is 0 Å². The number of aliphatic hydroxyl groups excluding tert-OH is 2. The molecule has 1 atom stereocenters.